The molecule has 3 heterocycles. The second-order valence-corrected chi connectivity index (χ2v) is 5.79. The van der Waals surface area contributed by atoms with E-state index in [9.17, 15) is 0 Å². The third kappa shape index (κ3) is 2.42. The Hall–Kier alpha value is -2.56. The van der Waals surface area contributed by atoms with Crippen LogP contribution < -0.4 is 9.64 Å². The van der Waals surface area contributed by atoms with Gasteiger partial charge in [0, 0.05) is 24.0 Å². The topological polar surface area (TPSA) is 54.0 Å². The molecule has 1 aliphatic heterocycles. The van der Waals surface area contributed by atoms with Gasteiger partial charge in [0.2, 0.25) is 0 Å². The zero-order valence-electron chi connectivity index (χ0n) is 13.2. The highest BCUT2D eigenvalue weighted by atomic mass is 16.5. The number of aromatic nitrogens is 3. The van der Waals surface area contributed by atoms with Crippen LogP contribution in [0, 0.1) is 0 Å². The van der Waals surface area contributed by atoms with Crippen LogP contribution in [0.3, 0.4) is 0 Å². The van der Waals surface area contributed by atoms with Gasteiger partial charge < -0.3 is 14.6 Å². The summed E-state index contributed by atoms with van der Waals surface area (Å²) in [6.45, 7) is 3.88. The van der Waals surface area contributed by atoms with E-state index in [-0.39, 0.29) is 0 Å². The standard InChI is InChI=1S/C18H20N4O/c1-2-3-11-23-16-6-4-5-15-13(16)8-10-22(15)18-14-7-9-19-17(14)20-12-21-18/h4-7,9,12H,2-3,8,10-11H2,1H3,(H,19,20,21). The van der Waals surface area contributed by atoms with E-state index in [1.54, 1.807) is 6.33 Å². The monoisotopic (exact) mass is 308 g/mol. The molecular weight excluding hydrogens is 288 g/mol. The van der Waals surface area contributed by atoms with Crippen molar-refractivity contribution in [2.75, 3.05) is 18.1 Å². The summed E-state index contributed by atoms with van der Waals surface area (Å²) in [5, 5.41) is 1.05. The number of ether oxygens (including phenoxy) is 1. The van der Waals surface area contributed by atoms with Crippen LogP contribution in [0.5, 0.6) is 5.75 Å². The molecule has 3 aromatic rings. The Bertz CT molecular complexity index is 827. The Morgan fingerprint density at radius 3 is 3.13 bits per heavy atom. The van der Waals surface area contributed by atoms with Gasteiger partial charge in [-0.25, -0.2) is 9.97 Å². The molecule has 0 spiro atoms. The molecule has 0 fully saturated rings. The molecule has 0 saturated heterocycles. The number of rotatable bonds is 5. The number of hydrogen-bond donors (Lipinski definition) is 1. The van der Waals surface area contributed by atoms with E-state index >= 15 is 0 Å². The van der Waals surface area contributed by atoms with Crippen molar-refractivity contribution < 1.29 is 4.74 Å². The lowest BCUT2D eigenvalue weighted by molar-refractivity contribution is 0.307. The molecule has 5 nitrogen and oxygen atoms in total. The van der Waals surface area contributed by atoms with Crippen LogP contribution in [0.2, 0.25) is 0 Å². The van der Waals surface area contributed by atoms with Crippen molar-refractivity contribution in [3.05, 3.63) is 42.4 Å². The summed E-state index contributed by atoms with van der Waals surface area (Å²) < 4.78 is 5.98. The number of aromatic amines is 1. The van der Waals surface area contributed by atoms with Crippen molar-refractivity contribution >= 4 is 22.5 Å². The summed E-state index contributed by atoms with van der Waals surface area (Å²) >= 11 is 0. The molecule has 23 heavy (non-hydrogen) atoms. The van der Waals surface area contributed by atoms with E-state index < -0.39 is 0 Å². The first-order chi connectivity index (χ1) is 11.4. The van der Waals surface area contributed by atoms with Crippen LogP contribution in [-0.2, 0) is 6.42 Å². The van der Waals surface area contributed by atoms with Crippen molar-refractivity contribution in [2.45, 2.75) is 26.2 Å². The minimum absolute atomic E-state index is 0.780. The van der Waals surface area contributed by atoms with Crippen LogP contribution in [0.25, 0.3) is 11.0 Å². The van der Waals surface area contributed by atoms with E-state index in [2.05, 4.69) is 45.0 Å². The van der Waals surface area contributed by atoms with E-state index in [0.29, 0.717) is 0 Å². The number of benzene rings is 1. The average molecular weight is 308 g/mol. The number of unbranched alkanes of at least 4 members (excludes halogenated alkanes) is 1. The first kappa shape index (κ1) is 14.1. The van der Waals surface area contributed by atoms with E-state index in [0.717, 1.165) is 55.0 Å². The fraction of sp³-hybridized carbons (Fsp3) is 0.333. The van der Waals surface area contributed by atoms with Crippen molar-refractivity contribution in [3.8, 4) is 5.75 Å². The van der Waals surface area contributed by atoms with Crippen LogP contribution in [0.1, 0.15) is 25.3 Å². The van der Waals surface area contributed by atoms with E-state index in [1.165, 1.54) is 11.3 Å². The Morgan fingerprint density at radius 1 is 1.26 bits per heavy atom. The molecule has 0 amide bonds. The molecule has 5 heteroatoms. The molecule has 1 aromatic carbocycles. The Kier molecular flexibility index (Phi) is 3.61. The summed E-state index contributed by atoms with van der Waals surface area (Å²) in [4.78, 5) is 14.2. The predicted octanol–water partition coefficient (Wildman–Crippen LogP) is 3.83. The highest BCUT2D eigenvalue weighted by Crippen LogP contribution is 2.40. The second-order valence-electron chi connectivity index (χ2n) is 5.79. The number of fused-ring (bicyclic) bond motifs is 2. The maximum Gasteiger partial charge on any atom is 0.145 e. The van der Waals surface area contributed by atoms with Crippen LogP contribution in [0.15, 0.2) is 36.8 Å². The van der Waals surface area contributed by atoms with Crippen molar-refractivity contribution in [1.29, 1.82) is 0 Å². The minimum atomic E-state index is 0.780. The largest absolute Gasteiger partial charge is 0.493 e. The number of hydrogen-bond acceptors (Lipinski definition) is 4. The highest BCUT2D eigenvalue weighted by Gasteiger charge is 2.25. The highest BCUT2D eigenvalue weighted by molar-refractivity contribution is 5.90. The second kappa shape index (κ2) is 5.91. The van der Waals surface area contributed by atoms with Crippen molar-refractivity contribution in [1.82, 2.24) is 15.0 Å². The third-order valence-corrected chi connectivity index (χ3v) is 4.33. The lowest BCUT2D eigenvalue weighted by Crippen LogP contribution is -2.15. The Labute approximate surface area is 135 Å². The molecule has 118 valence electrons. The average Bonchev–Trinajstić information content (AvgIpc) is 3.22. The first-order valence-electron chi connectivity index (χ1n) is 8.19. The number of anilines is 2. The first-order valence-corrected chi connectivity index (χ1v) is 8.19. The van der Waals surface area contributed by atoms with Gasteiger partial charge in [0.05, 0.1) is 12.0 Å². The number of nitrogens with zero attached hydrogens (tertiary/aromatic N) is 3. The zero-order chi connectivity index (χ0) is 15.6. The number of H-pyrrole nitrogens is 1. The molecule has 1 aliphatic rings. The smallest absolute Gasteiger partial charge is 0.145 e. The molecule has 0 saturated carbocycles. The lowest BCUT2D eigenvalue weighted by Gasteiger charge is -2.19. The quantitative estimate of drug-likeness (QED) is 0.728. The van der Waals surface area contributed by atoms with Gasteiger partial charge in [0.25, 0.3) is 0 Å². The molecule has 0 atom stereocenters. The molecule has 0 radical (unpaired) electrons. The number of nitrogens with one attached hydrogen (secondary N) is 1. The summed E-state index contributed by atoms with van der Waals surface area (Å²) in [5.74, 6) is 1.97. The summed E-state index contributed by atoms with van der Waals surface area (Å²) in [6, 6.07) is 8.32. The van der Waals surface area contributed by atoms with Gasteiger partial charge in [0.15, 0.2) is 0 Å². The third-order valence-electron chi connectivity index (χ3n) is 4.33. The van der Waals surface area contributed by atoms with Gasteiger partial charge >= 0.3 is 0 Å². The van der Waals surface area contributed by atoms with Gasteiger partial charge in [-0.1, -0.05) is 19.4 Å². The summed E-state index contributed by atoms with van der Waals surface area (Å²) in [5.41, 5.74) is 3.35. The van der Waals surface area contributed by atoms with E-state index in [4.69, 9.17) is 4.74 Å². The fourth-order valence-corrected chi connectivity index (χ4v) is 3.16. The molecule has 1 N–H and O–H groups in total. The molecule has 4 rings (SSSR count). The molecule has 2 aromatic heterocycles. The van der Waals surface area contributed by atoms with Gasteiger partial charge in [-0.2, -0.15) is 0 Å². The van der Waals surface area contributed by atoms with Gasteiger partial charge in [-0.3, -0.25) is 0 Å². The van der Waals surface area contributed by atoms with E-state index in [1.807, 2.05) is 12.3 Å². The maximum atomic E-state index is 5.98. The van der Waals surface area contributed by atoms with Gasteiger partial charge in [-0.15, -0.1) is 0 Å². The summed E-state index contributed by atoms with van der Waals surface area (Å²) in [7, 11) is 0. The Balaban J connectivity index is 1.70. The molecule has 0 aliphatic carbocycles. The SMILES string of the molecule is CCCCOc1cccc2c1CCN2c1ncnc2[nH]ccc12. The van der Waals surface area contributed by atoms with Gasteiger partial charge in [-0.05, 0) is 31.0 Å². The fourth-order valence-electron chi connectivity index (χ4n) is 3.16. The minimum Gasteiger partial charge on any atom is -0.493 e. The molecular formula is C18H20N4O. The predicted molar refractivity (Wildman–Crippen MR) is 91.4 cm³/mol. The summed E-state index contributed by atoms with van der Waals surface area (Å²) in [6.07, 6.45) is 6.74. The van der Waals surface area contributed by atoms with Gasteiger partial charge in [0.1, 0.15) is 23.5 Å². The van der Waals surface area contributed by atoms with Crippen LogP contribution in [-0.4, -0.2) is 28.1 Å². The van der Waals surface area contributed by atoms with Crippen LogP contribution in [0.4, 0.5) is 11.5 Å². The van der Waals surface area contributed by atoms with Crippen LogP contribution >= 0.6 is 0 Å². The van der Waals surface area contributed by atoms with Crippen molar-refractivity contribution in [3.63, 3.8) is 0 Å². The zero-order valence-corrected chi connectivity index (χ0v) is 13.2. The maximum absolute atomic E-state index is 5.98. The Morgan fingerprint density at radius 2 is 2.22 bits per heavy atom. The lowest BCUT2D eigenvalue weighted by atomic mass is 10.1. The van der Waals surface area contributed by atoms with Crippen molar-refractivity contribution in [2.24, 2.45) is 0 Å². The normalized spacial score (nSPS) is 13.5. The molecule has 0 unspecified atom stereocenters. The molecule has 0 bridgehead atoms.